The van der Waals surface area contributed by atoms with Crippen LogP contribution in [0.4, 0.5) is 17.8 Å². The molecule has 0 saturated carbocycles. The van der Waals surface area contributed by atoms with Crippen molar-refractivity contribution in [2.75, 3.05) is 43.6 Å². The lowest BCUT2D eigenvalue weighted by Crippen LogP contribution is -2.37. The van der Waals surface area contributed by atoms with E-state index >= 15 is 0 Å². The van der Waals surface area contributed by atoms with Gasteiger partial charge in [0.25, 0.3) is 0 Å². The SMILES string of the molecule is Nc1nc(N)nc(N)n1.OCC(CO)(CO)CO. The molecule has 0 atom stereocenters. The number of aromatic nitrogens is 3. The van der Waals surface area contributed by atoms with Crippen LogP contribution in [0.25, 0.3) is 0 Å². The maximum absolute atomic E-state index is 8.50. The molecule has 0 radical (unpaired) electrons. The van der Waals surface area contributed by atoms with Gasteiger partial charge in [0.15, 0.2) is 0 Å². The standard InChI is InChI=1S/C5H12O4.C3H6N6/c6-1-5(2-7,3-8)4-9;4-1-7-2(5)9-3(6)8-1/h6-9H,1-4H2;(H6,4,5,6,7,8,9). The summed E-state index contributed by atoms with van der Waals surface area (Å²) in [5.74, 6) is 0.125. The fourth-order valence-electron chi connectivity index (χ4n) is 0.727. The molecule has 0 saturated heterocycles. The minimum Gasteiger partial charge on any atom is -0.396 e. The van der Waals surface area contributed by atoms with Gasteiger partial charge in [0.05, 0.1) is 31.8 Å². The summed E-state index contributed by atoms with van der Waals surface area (Å²) in [6.07, 6.45) is 0. The highest BCUT2D eigenvalue weighted by Gasteiger charge is 2.26. The maximum Gasteiger partial charge on any atom is 0.226 e. The molecule has 0 aliphatic rings. The second kappa shape index (κ2) is 7.55. The van der Waals surface area contributed by atoms with Crippen molar-refractivity contribution in [1.82, 2.24) is 15.0 Å². The lowest BCUT2D eigenvalue weighted by Gasteiger charge is -2.23. The molecular formula is C8H18N6O4. The fraction of sp³-hybridized carbons (Fsp3) is 0.625. The van der Waals surface area contributed by atoms with E-state index in [-0.39, 0.29) is 17.8 Å². The predicted molar refractivity (Wildman–Crippen MR) is 63.8 cm³/mol. The molecule has 104 valence electrons. The molecule has 0 spiro atoms. The zero-order chi connectivity index (χ0) is 14.2. The van der Waals surface area contributed by atoms with Gasteiger partial charge in [-0.3, -0.25) is 0 Å². The number of anilines is 3. The molecule has 0 fully saturated rings. The van der Waals surface area contributed by atoms with E-state index in [4.69, 9.17) is 37.6 Å². The highest BCUT2D eigenvalue weighted by Crippen LogP contribution is 2.11. The van der Waals surface area contributed by atoms with Crippen LogP contribution < -0.4 is 17.2 Å². The fourth-order valence-corrected chi connectivity index (χ4v) is 0.727. The van der Waals surface area contributed by atoms with E-state index in [1.54, 1.807) is 0 Å². The number of aliphatic hydroxyl groups is 4. The summed E-state index contributed by atoms with van der Waals surface area (Å²) in [4.78, 5) is 10.5. The number of nitrogens with two attached hydrogens (primary N) is 3. The highest BCUT2D eigenvalue weighted by molar-refractivity contribution is 5.33. The molecule has 10 heteroatoms. The van der Waals surface area contributed by atoms with Gasteiger partial charge in [-0.25, -0.2) is 0 Å². The summed E-state index contributed by atoms with van der Waals surface area (Å²) in [5, 5.41) is 34.0. The molecule has 10 nitrogen and oxygen atoms in total. The van der Waals surface area contributed by atoms with Crippen molar-refractivity contribution in [2.45, 2.75) is 0 Å². The highest BCUT2D eigenvalue weighted by atomic mass is 16.3. The van der Waals surface area contributed by atoms with Crippen molar-refractivity contribution >= 4 is 17.8 Å². The molecule has 0 aliphatic heterocycles. The van der Waals surface area contributed by atoms with Crippen molar-refractivity contribution in [3.8, 4) is 0 Å². The van der Waals surface area contributed by atoms with Crippen LogP contribution in [0.1, 0.15) is 0 Å². The summed E-state index contributed by atoms with van der Waals surface area (Å²) >= 11 is 0. The molecule has 18 heavy (non-hydrogen) atoms. The molecule has 1 aromatic rings. The van der Waals surface area contributed by atoms with Crippen LogP contribution in [0.5, 0.6) is 0 Å². The van der Waals surface area contributed by atoms with Gasteiger partial charge in [0.1, 0.15) is 0 Å². The molecule has 1 rings (SSSR count). The molecule has 1 aromatic heterocycles. The normalized spacial score (nSPS) is 10.7. The molecule has 0 amide bonds. The molecule has 0 aliphatic carbocycles. The smallest absolute Gasteiger partial charge is 0.226 e. The average molecular weight is 262 g/mol. The summed E-state index contributed by atoms with van der Waals surface area (Å²) in [6.45, 7) is -1.62. The van der Waals surface area contributed by atoms with Gasteiger partial charge in [-0.05, 0) is 0 Å². The average Bonchev–Trinajstić information content (AvgIpc) is 2.32. The zero-order valence-corrected chi connectivity index (χ0v) is 9.69. The van der Waals surface area contributed by atoms with Gasteiger partial charge in [-0.2, -0.15) is 15.0 Å². The van der Waals surface area contributed by atoms with Crippen molar-refractivity contribution in [1.29, 1.82) is 0 Å². The molecule has 0 unspecified atom stereocenters. The number of hydrogen-bond acceptors (Lipinski definition) is 10. The van der Waals surface area contributed by atoms with E-state index in [0.29, 0.717) is 0 Å². The number of hydrogen-bond donors (Lipinski definition) is 7. The van der Waals surface area contributed by atoms with Crippen molar-refractivity contribution in [2.24, 2.45) is 5.41 Å². The Balaban J connectivity index is 0.000000321. The van der Waals surface area contributed by atoms with Crippen LogP contribution >= 0.6 is 0 Å². The maximum atomic E-state index is 8.50. The Hall–Kier alpha value is -1.75. The Bertz CT molecular complexity index is 291. The van der Waals surface area contributed by atoms with Gasteiger partial charge in [0, 0.05) is 0 Å². The zero-order valence-electron chi connectivity index (χ0n) is 9.69. The first-order chi connectivity index (χ1) is 8.42. The number of nitrogens with zero attached hydrogens (tertiary/aromatic N) is 3. The van der Waals surface area contributed by atoms with Gasteiger partial charge in [-0.15, -0.1) is 0 Å². The Labute approximate surface area is 103 Å². The second-order valence-corrected chi connectivity index (χ2v) is 3.54. The lowest BCUT2D eigenvalue weighted by atomic mass is 9.93. The van der Waals surface area contributed by atoms with Crippen LogP contribution in [-0.4, -0.2) is 61.8 Å². The first kappa shape index (κ1) is 16.2. The van der Waals surface area contributed by atoms with E-state index in [2.05, 4.69) is 15.0 Å². The monoisotopic (exact) mass is 262 g/mol. The van der Waals surface area contributed by atoms with Gasteiger partial charge >= 0.3 is 0 Å². The van der Waals surface area contributed by atoms with Crippen LogP contribution in [-0.2, 0) is 0 Å². The largest absolute Gasteiger partial charge is 0.396 e. The topological polar surface area (TPSA) is 198 Å². The van der Waals surface area contributed by atoms with Crippen LogP contribution in [0.15, 0.2) is 0 Å². The third kappa shape index (κ3) is 5.05. The van der Waals surface area contributed by atoms with Crippen LogP contribution in [0.3, 0.4) is 0 Å². The molecule has 10 N–H and O–H groups in total. The Kier molecular flexibility index (Phi) is 6.82. The van der Waals surface area contributed by atoms with Crippen LogP contribution in [0.2, 0.25) is 0 Å². The molecule has 1 heterocycles. The minimum absolute atomic E-state index is 0.0417. The van der Waals surface area contributed by atoms with Gasteiger partial charge in [-0.1, -0.05) is 0 Å². The van der Waals surface area contributed by atoms with Crippen molar-refractivity contribution in [3.05, 3.63) is 0 Å². The Morgan fingerprint density at radius 1 is 0.667 bits per heavy atom. The van der Waals surface area contributed by atoms with E-state index in [1.807, 2.05) is 0 Å². The number of rotatable bonds is 4. The van der Waals surface area contributed by atoms with Gasteiger partial charge in [0.2, 0.25) is 17.8 Å². The molecule has 0 aromatic carbocycles. The lowest BCUT2D eigenvalue weighted by molar-refractivity contribution is -0.0328. The van der Waals surface area contributed by atoms with E-state index in [9.17, 15) is 0 Å². The van der Waals surface area contributed by atoms with Crippen molar-refractivity contribution in [3.63, 3.8) is 0 Å². The van der Waals surface area contributed by atoms with E-state index < -0.39 is 31.8 Å². The first-order valence-corrected chi connectivity index (χ1v) is 4.89. The quantitative estimate of drug-likeness (QED) is 0.286. The summed E-state index contributed by atoms with van der Waals surface area (Å²) < 4.78 is 0. The summed E-state index contributed by atoms with van der Waals surface area (Å²) in [6, 6.07) is 0. The second-order valence-electron chi connectivity index (χ2n) is 3.54. The predicted octanol–water partition coefficient (Wildman–Crippen LogP) is -3.44. The number of aliphatic hydroxyl groups excluding tert-OH is 4. The van der Waals surface area contributed by atoms with E-state index in [1.165, 1.54) is 0 Å². The molecular weight excluding hydrogens is 244 g/mol. The summed E-state index contributed by atoms with van der Waals surface area (Å²) in [7, 11) is 0. The minimum atomic E-state index is -1.11. The van der Waals surface area contributed by atoms with Gasteiger partial charge < -0.3 is 37.6 Å². The number of nitrogen functional groups attached to an aromatic ring is 3. The third-order valence-electron chi connectivity index (χ3n) is 2.03. The molecule has 0 bridgehead atoms. The summed E-state index contributed by atoms with van der Waals surface area (Å²) in [5.41, 5.74) is 14.3. The van der Waals surface area contributed by atoms with E-state index in [0.717, 1.165) is 0 Å². The van der Waals surface area contributed by atoms with Crippen LogP contribution in [0, 0.1) is 5.41 Å². The van der Waals surface area contributed by atoms with Crippen molar-refractivity contribution < 1.29 is 20.4 Å². The first-order valence-electron chi connectivity index (χ1n) is 4.89. The Morgan fingerprint density at radius 2 is 0.889 bits per heavy atom. The Morgan fingerprint density at radius 3 is 1.00 bits per heavy atom. The third-order valence-corrected chi connectivity index (χ3v) is 2.03.